The Balaban J connectivity index is 0.000000528. The van der Waals surface area contributed by atoms with E-state index in [0.29, 0.717) is 0 Å². The Bertz CT molecular complexity index is 865. The Morgan fingerprint density at radius 2 is 1.56 bits per heavy atom. The van der Waals surface area contributed by atoms with Crippen molar-refractivity contribution in [2.24, 2.45) is 7.05 Å². The molecule has 1 aliphatic heterocycles. The number of anilines is 1. The summed E-state index contributed by atoms with van der Waals surface area (Å²) in [6.45, 7) is 8.00. The van der Waals surface area contributed by atoms with E-state index in [-0.39, 0.29) is 0 Å². The number of thioether (sulfide) groups is 1. The first-order chi connectivity index (χ1) is 12.2. The van der Waals surface area contributed by atoms with E-state index in [1.807, 2.05) is 50.8 Å². The molecule has 2 nitrogen and oxygen atoms in total. The van der Waals surface area contributed by atoms with Crippen LogP contribution in [0.1, 0.15) is 32.7 Å². The molecule has 0 aliphatic carbocycles. The van der Waals surface area contributed by atoms with Gasteiger partial charge in [-0.2, -0.15) is 4.57 Å². The summed E-state index contributed by atoms with van der Waals surface area (Å²) in [5, 5.41) is 2.55. The molecule has 4 heteroatoms. The number of hydrogen-bond acceptors (Lipinski definition) is 3. The predicted molar refractivity (Wildman–Crippen MR) is 114 cm³/mol. The zero-order valence-electron chi connectivity index (χ0n) is 15.9. The van der Waals surface area contributed by atoms with E-state index in [1.165, 1.54) is 30.8 Å². The van der Waals surface area contributed by atoms with Crippen molar-refractivity contribution in [3.8, 4) is 0 Å². The maximum Gasteiger partial charge on any atom is 0.265 e. The molecule has 0 N–H and O–H groups in total. The Morgan fingerprint density at radius 1 is 0.920 bits per heavy atom. The van der Waals surface area contributed by atoms with Gasteiger partial charge in [0.2, 0.25) is 5.52 Å². The molecule has 0 spiro atoms. The normalized spacial score (nSPS) is 13.8. The number of aromatic nitrogens is 1. The van der Waals surface area contributed by atoms with E-state index in [0.717, 1.165) is 0 Å². The van der Waals surface area contributed by atoms with Crippen LogP contribution in [-0.4, -0.2) is 7.05 Å². The van der Waals surface area contributed by atoms with Crippen LogP contribution in [0.15, 0.2) is 58.5 Å². The molecule has 25 heavy (non-hydrogen) atoms. The van der Waals surface area contributed by atoms with E-state index in [1.54, 1.807) is 0 Å². The van der Waals surface area contributed by atoms with Gasteiger partial charge in [0.05, 0.1) is 16.8 Å². The summed E-state index contributed by atoms with van der Waals surface area (Å²) in [7, 11) is 4.27. The van der Waals surface area contributed by atoms with Crippen molar-refractivity contribution in [1.82, 2.24) is 0 Å². The molecule has 0 saturated carbocycles. The molecule has 3 aromatic rings. The third-order valence-electron chi connectivity index (χ3n) is 3.79. The van der Waals surface area contributed by atoms with Gasteiger partial charge in [-0.05, 0) is 18.2 Å². The summed E-state index contributed by atoms with van der Waals surface area (Å²) in [6, 6.07) is 17.1. The van der Waals surface area contributed by atoms with Crippen molar-refractivity contribution >= 4 is 45.1 Å². The number of rotatable bonds is 1. The van der Waals surface area contributed by atoms with Gasteiger partial charge >= 0.3 is 0 Å². The topological polar surface area (TPSA) is 7.12 Å². The second-order valence-electron chi connectivity index (χ2n) is 5.08. The third kappa shape index (κ3) is 3.91. The second-order valence-corrected chi connectivity index (χ2v) is 7.20. The number of aryl methyl sites for hydroxylation is 1. The molecule has 0 unspecified atom stereocenters. The molecule has 0 radical (unpaired) electrons. The highest BCUT2D eigenvalue weighted by molar-refractivity contribution is 8.03. The van der Waals surface area contributed by atoms with E-state index >= 15 is 0 Å². The summed E-state index contributed by atoms with van der Waals surface area (Å²) in [4.78, 5) is 3.60. The van der Waals surface area contributed by atoms with Crippen molar-refractivity contribution in [3.05, 3.63) is 58.6 Å². The average Bonchev–Trinajstić information content (AvgIpc) is 3.17. The molecule has 4 rings (SSSR count). The van der Waals surface area contributed by atoms with Crippen LogP contribution in [0.4, 0.5) is 5.69 Å². The van der Waals surface area contributed by atoms with E-state index < -0.39 is 0 Å². The van der Waals surface area contributed by atoms with Gasteiger partial charge in [-0.1, -0.05) is 75.1 Å². The standard InChI is InChI=1S/C17H15N2S2.2C2H6/c1-18-12-7-3-5-9-14(12)20-16(18)11-17-19(2)13-8-4-6-10-15(13)21-17;2*1-2/h3-11H,1-2H3;2*1-2H3/q+1;;. The quantitative estimate of drug-likeness (QED) is 0.462. The van der Waals surface area contributed by atoms with E-state index in [4.69, 9.17) is 0 Å². The number of para-hydroxylation sites is 2. The summed E-state index contributed by atoms with van der Waals surface area (Å²) < 4.78 is 3.60. The summed E-state index contributed by atoms with van der Waals surface area (Å²) in [6.07, 6.45) is 2.29. The highest BCUT2D eigenvalue weighted by atomic mass is 32.2. The minimum Gasteiger partial charge on any atom is -0.338 e. The zero-order valence-corrected chi connectivity index (χ0v) is 17.5. The molecule has 0 atom stereocenters. The second kappa shape index (κ2) is 9.07. The number of nitrogens with zero attached hydrogens (tertiary/aromatic N) is 2. The van der Waals surface area contributed by atoms with Crippen LogP contribution in [0.3, 0.4) is 0 Å². The lowest BCUT2D eigenvalue weighted by Crippen LogP contribution is -2.29. The maximum absolute atomic E-state index is 2.29. The molecule has 0 bridgehead atoms. The smallest absolute Gasteiger partial charge is 0.265 e. The molecule has 1 aliphatic rings. The van der Waals surface area contributed by atoms with Gasteiger partial charge < -0.3 is 4.90 Å². The van der Waals surface area contributed by atoms with Crippen molar-refractivity contribution < 1.29 is 4.57 Å². The Labute approximate surface area is 159 Å². The lowest BCUT2D eigenvalue weighted by Gasteiger charge is -2.12. The molecule has 2 heterocycles. The van der Waals surface area contributed by atoms with Crippen LogP contribution in [0.5, 0.6) is 0 Å². The highest BCUT2D eigenvalue weighted by Crippen LogP contribution is 2.45. The Hall–Kier alpha value is -1.78. The highest BCUT2D eigenvalue weighted by Gasteiger charge is 2.24. The van der Waals surface area contributed by atoms with Crippen molar-refractivity contribution in [2.45, 2.75) is 32.6 Å². The first-order valence-electron chi connectivity index (χ1n) is 8.84. The monoisotopic (exact) mass is 371 g/mol. The molecule has 0 amide bonds. The van der Waals surface area contributed by atoms with Gasteiger partial charge in [0, 0.05) is 18.0 Å². The van der Waals surface area contributed by atoms with Crippen LogP contribution < -0.4 is 9.47 Å². The minimum atomic E-state index is 1.28. The van der Waals surface area contributed by atoms with Crippen LogP contribution in [0.25, 0.3) is 16.3 Å². The number of benzene rings is 2. The molecular formula is C21H27N2S2+. The molecule has 2 aromatic carbocycles. The van der Waals surface area contributed by atoms with Crippen LogP contribution in [-0.2, 0) is 7.05 Å². The molecule has 1 aromatic heterocycles. The van der Waals surface area contributed by atoms with Crippen molar-refractivity contribution in [3.63, 3.8) is 0 Å². The lowest BCUT2D eigenvalue weighted by molar-refractivity contribution is -0.642. The molecule has 132 valence electrons. The Morgan fingerprint density at radius 3 is 2.24 bits per heavy atom. The third-order valence-corrected chi connectivity index (χ3v) is 6.12. The van der Waals surface area contributed by atoms with Gasteiger partial charge in [-0.3, -0.25) is 0 Å². The average molecular weight is 372 g/mol. The first-order valence-corrected chi connectivity index (χ1v) is 10.5. The lowest BCUT2D eigenvalue weighted by atomic mass is 10.3. The maximum atomic E-state index is 2.29. The fourth-order valence-electron chi connectivity index (χ4n) is 2.60. The molecular weight excluding hydrogens is 344 g/mol. The fraction of sp³-hybridized carbons (Fsp3) is 0.286. The van der Waals surface area contributed by atoms with Gasteiger partial charge in [-0.15, -0.1) is 0 Å². The SMILES string of the molecule is CC.CC.CN1C(=Cc2sc3ccccc3[n+]2C)Sc2ccccc21. The summed E-state index contributed by atoms with van der Waals surface area (Å²) in [5.41, 5.74) is 2.58. The van der Waals surface area contributed by atoms with Crippen molar-refractivity contribution in [2.75, 3.05) is 11.9 Å². The number of thiazole rings is 1. The number of hydrogen-bond donors (Lipinski definition) is 0. The van der Waals surface area contributed by atoms with Crippen molar-refractivity contribution in [1.29, 1.82) is 0 Å². The summed E-state index contributed by atoms with van der Waals surface area (Å²) >= 11 is 3.68. The van der Waals surface area contributed by atoms with Gasteiger partial charge in [0.25, 0.3) is 5.01 Å². The van der Waals surface area contributed by atoms with E-state index in [9.17, 15) is 0 Å². The zero-order chi connectivity index (χ0) is 18.4. The van der Waals surface area contributed by atoms with E-state index in [2.05, 4.69) is 78.2 Å². The first kappa shape index (κ1) is 19.5. The van der Waals surface area contributed by atoms with Gasteiger partial charge in [0.15, 0.2) is 0 Å². The van der Waals surface area contributed by atoms with Crippen LogP contribution in [0, 0.1) is 0 Å². The Kier molecular flexibility index (Phi) is 7.09. The van der Waals surface area contributed by atoms with Gasteiger partial charge in [0.1, 0.15) is 11.7 Å². The van der Waals surface area contributed by atoms with Crippen LogP contribution >= 0.6 is 23.1 Å². The fourth-order valence-corrected chi connectivity index (χ4v) is 4.85. The molecule has 0 saturated heterocycles. The molecule has 0 fully saturated rings. The number of fused-ring (bicyclic) bond motifs is 2. The predicted octanol–water partition coefficient (Wildman–Crippen LogP) is 6.32. The summed E-state index contributed by atoms with van der Waals surface area (Å²) in [5.74, 6) is 0. The van der Waals surface area contributed by atoms with Crippen LogP contribution in [0.2, 0.25) is 0 Å². The van der Waals surface area contributed by atoms with Gasteiger partial charge in [-0.25, -0.2) is 0 Å². The largest absolute Gasteiger partial charge is 0.338 e. The minimum absolute atomic E-state index is 1.28.